The Morgan fingerprint density at radius 1 is 0.729 bits per heavy atom. The van der Waals surface area contributed by atoms with Gasteiger partial charge in [0.15, 0.2) is 0 Å². The fraction of sp³-hybridized carbons (Fsp3) is 0.378. The van der Waals surface area contributed by atoms with E-state index in [0.717, 1.165) is 75.9 Å². The Kier molecular flexibility index (Phi) is 12.3. The molecule has 4 heterocycles. The highest BCUT2D eigenvalue weighted by Gasteiger charge is 2.38. The second-order valence-electron chi connectivity index (χ2n) is 15.3. The predicted molar refractivity (Wildman–Crippen MR) is 223 cm³/mol. The van der Waals surface area contributed by atoms with Gasteiger partial charge in [-0.1, -0.05) is 62.4 Å². The zero-order valence-corrected chi connectivity index (χ0v) is 34.0. The molecule has 0 aliphatic carbocycles. The summed E-state index contributed by atoms with van der Waals surface area (Å²) in [5.41, 5.74) is 5.83. The second-order valence-corrected chi connectivity index (χ2v) is 15.3. The van der Waals surface area contributed by atoms with E-state index in [1.807, 2.05) is 24.9 Å². The van der Waals surface area contributed by atoms with Crippen molar-refractivity contribution in [1.29, 1.82) is 0 Å². The number of benzene rings is 3. The second kappa shape index (κ2) is 17.9. The molecule has 3 aromatic carbocycles. The lowest BCUT2D eigenvalue weighted by Gasteiger charge is -2.30. The van der Waals surface area contributed by atoms with Crippen molar-refractivity contribution in [2.75, 3.05) is 27.3 Å². The molecular weight excluding hydrogens is 749 g/mol. The van der Waals surface area contributed by atoms with Crippen LogP contribution in [0, 0.1) is 17.8 Å². The number of methoxy groups -OCH3 is 2. The monoisotopic (exact) mass is 798 g/mol. The van der Waals surface area contributed by atoms with E-state index in [0.29, 0.717) is 18.9 Å². The lowest BCUT2D eigenvalue weighted by Crippen LogP contribution is -2.51. The molecule has 2 fully saturated rings. The van der Waals surface area contributed by atoms with Crippen molar-refractivity contribution in [3.8, 4) is 45.5 Å². The van der Waals surface area contributed by atoms with Gasteiger partial charge >= 0.3 is 12.2 Å². The van der Waals surface area contributed by atoms with Crippen LogP contribution in [-0.2, 0) is 19.1 Å². The van der Waals surface area contributed by atoms with E-state index < -0.39 is 24.3 Å². The number of aromatic amines is 2. The van der Waals surface area contributed by atoms with Crippen molar-refractivity contribution in [3.63, 3.8) is 0 Å². The van der Waals surface area contributed by atoms with E-state index in [2.05, 4.69) is 98.1 Å². The number of rotatable bonds is 11. The first kappa shape index (κ1) is 40.6. The maximum Gasteiger partial charge on any atom is 0.407 e. The van der Waals surface area contributed by atoms with Crippen molar-refractivity contribution in [2.24, 2.45) is 5.92 Å². The first-order valence-corrected chi connectivity index (χ1v) is 20.0. The van der Waals surface area contributed by atoms with Crippen LogP contribution in [0.2, 0.25) is 0 Å². The summed E-state index contributed by atoms with van der Waals surface area (Å²) >= 11 is 0. The van der Waals surface area contributed by atoms with Crippen LogP contribution in [0.1, 0.15) is 76.6 Å². The zero-order chi connectivity index (χ0) is 41.6. The highest BCUT2D eigenvalue weighted by Crippen LogP contribution is 2.35. The Labute approximate surface area is 343 Å². The number of imidazole rings is 2. The van der Waals surface area contributed by atoms with E-state index in [1.165, 1.54) is 14.2 Å². The van der Waals surface area contributed by atoms with Gasteiger partial charge in [-0.25, -0.2) is 19.6 Å². The van der Waals surface area contributed by atoms with Gasteiger partial charge < -0.3 is 39.9 Å². The number of nitrogens with zero attached hydrogens (tertiary/aromatic N) is 4. The number of carbonyl (C=O) groups excluding carboxylic acids is 4. The summed E-state index contributed by atoms with van der Waals surface area (Å²) in [6.07, 6.45) is 5.72. The Hall–Kier alpha value is -6.62. The van der Waals surface area contributed by atoms with Gasteiger partial charge in [0.2, 0.25) is 11.8 Å². The normalized spacial score (nSPS) is 17.3. The molecule has 7 rings (SSSR count). The molecule has 4 atom stereocenters. The van der Waals surface area contributed by atoms with E-state index in [-0.39, 0.29) is 36.2 Å². The summed E-state index contributed by atoms with van der Waals surface area (Å²) < 4.78 is 9.51. The van der Waals surface area contributed by atoms with Crippen molar-refractivity contribution in [3.05, 3.63) is 84.7 Å². The highest BCUT2D eigenvalue weighted by molar-refractivity contribution is 5.91. The van der Waals surface area contributed by atoms with E-state index in [1.54, 1.807) is 18.0 Å². The standard InChI is InChI=1S/C45H50N8O6/c1-6-7-10-34(50-44(56)58-4)42(54)52-21-8-11-37(52)40-46-25-35(48-40)29-15-13-28(14-16-29)30-17-18-32-24-33(20-19-31(32)23-30)36-26-47-41(49-36)38-12-9-22-53(38)43(55)39(27(2)3)51-45(57)59-5/h13-20,23-27,34,37-39H,8-12,21-22H2,1-5H3,(H,46,48)(H,47,49)(H,50,56)(H,51,57). The first-order valence-electron chi connectivity index (χ1n) is 20.0. The van der Waals surface area contributed by atoms with Gasteiger partial charge in [-0.15, -0.1) is 11.8 Å². The molecule has 59 heavy (non-hydrogen) atoms. The quantitative estimate of drug-likeness (QED) is 0.102. The number of hydrogen-bond acceptors (Lipinski definition) is 8. The van der Waals surface area contributed by atoms with Crippen LogP contribution < -0.4 is 10.6 Å². The Balaban J connectivity index is 1.02. The number of nitrogens with one attached hydrogen (secondary N) is 4. The van der Waals surface area contributed by atoms with Crippen molar-refractivity contribution in [2.45, 2.75) is 77.0 Å². The summed E-state index contributed by atoms with van der Waals surface area (Å²) in [7, 11) is 2.56. The molecule has 4 amide bonds. The number of aromatic nitrogens is 4. The fourth-order valence-electron chi connectivity index (χ4n) is 8.05. The molecule has 14 nitrogen and oxygen atoms in total. The van der Waals surface area contributed by atoms with Crippen LogP contribution in [0.5, 0.6) is 0 Å². The van der Waals surface area contributed by atoms with E-state index in [9.17, 15) is 19.2 Å². The maximum atomic E-state index is 13.6. The van der Waals surface area contributed by atoms with Crippen LogP contribution in [0.25, 0.3) is 44.4 Å². The maximum absolute atomic E-state index is 13.6. The van der Waals surface area contributed by atoms with Gasteiger partial charge in [-0.05, 0) is 78.1 Å². The number of hydrogen-bond donors (Lipinski definition) is 4. The Bertz CT molecular complexity index is 2390. The number of carbonyl (C=O) groups is 4. The molecule has 306 valence electrons. The first-order chi connectivity index (χ1) is 28.6. The molecule has 0 saturated carbocycles. The lowest BCUT2D eigenvalue weighted by molar-refractivity contribution is -0.135. The lowest BCUT2D eigenvalue weighted by atomic mass is 9.98. The summed E-state index contributed by atoms with van der Waals surface area (Å²) in [4.78, 5) is 71.0. The third-order valence-corrected chi connectivity index (χ3v) is 11.2. The number of likely N-dealkylation sites (tertiary alicyclic amines) is 2. The van der Waals surface area contributed by atoms with Gasteiger partial charge in [-0.3, -0.25) is 9.59 Å². The van der Waals surface area contributed by atoms with Gasteiger partial charge in [-0.2, -0.15) is 0 Å². The van der Waals surface area contributed by atoms with Gasteiger partial charge in [0.05, 0.1) is 50.1 Å². The van der Waals surface area contributed by atoms with Gasteiger partial charge in [0.25, 0.3) is 0 Å². The molecule has 0 radical (unpaired) electrons. The molecule has 5 aromatic rings. The summed E-state index contributed by atoms with van der Waals surface area (Å²) in [5.74, 6) is 6.67. The molecule has 4 unspecified atom stereocenters. The van der Waals surface area contributed by atoms with Gasteiger partial charge in [0.1, 0.15) is 23.7 Å². The SMILES string of the molecule is CC#CCC(NC(=O)OC)C(=O)N1CCCC1c1ncc(-c2ccc(-c3ccc4cc(-c5cnc(C6CCCN6C(=O)C(NC(=O)OC)C(C)C)[nH]5)ccc4c3)cc2)[nH]1. The molecular formula is C45H50N8O6. The average Bonchev–Trinajstić information content (AvgIpc) is 4.10. The molecule has 2 saturated heterocycles. The van der Waals surface area contributed by atoms with E-state index >= 15 is 0 Å². The minimum Gasteiger partial charge on any atom is -0.453 e. The number of amides is 4. The summed E-state index contributed by atoms with van der Waals surface area (Å²) in [6, 6.07) is 19.1. The molecule has 4 N–H and O–H groups in total. The van der Waals surface area contributed by atoms with Gasteiger partial charge in [0, 0.05) is 25.1 Å². The average molecular weight is 799 g/mol. The topological polar surface area (TPSA) is 175 Å². The fourth-order valence-corrected chi connectivity index (χ4v) is 8.05. The highest BCUT2D eigenvalue weighted by atomic mass is 16.5. The van der Waals surface area contributed by atoms with Crippen LogP contribution in [0.4, 0.5) is 9.59 Å². The summed E-state index contributed by atoms with van der Waals surface area (Å²) in [6.45, 7) is 6.66. The minimum atomic E-state index is -0.809. The largest absolute Gasteiger partial charge is 0.453 e. The molecule has 2 aliphatic rings. The number of alkyl carbamates (subject to hydrolysis) is 2. The number of ether oxygens (including phenoxy) is 2. The van der Waals surface area contributed by atoms with Crippen molar-refractivity contribution >= 4 is 34.8 Å². The number of H-pyrrole nitrogens is 2. The molecule has 2 aliphatic heterocycles. The van der Waals surface area contributed by atoms with Crippen LogP contribution in [-0.4, -0.2) is 93.1 Å². The van der Waals surface area contributed by atoms with Crippen LogP contribution in [0.3, 0.4) is 0 Å². The minimum absolute atomic E-state index is 0.107. The Morgan fingerprint density at radius 2 is 1.24 bits per heavy atom. The molecule has 0 spiro atoms. The number of fused-ring (bicyclic) bond motifs is 1. The van der Waals surface area contributed by atoms with E-state index in [4.69, 9.17) is 14.5 Å². The third kappa shape index (κ3) is 8.79. The molecule has 2 aromatic heterocycles. The predicted octanol–water partition coefficient (Wildman–Crippen LogP) is 7.13. The summed E-state index contributed by atoms with van der Waals surface area (Å²) in [5, 5.41) is 7.51. The molecule has 14 heteroatoms. The van der Waals surface area contributed by atoms with Crippen LogP contribution in [0.15, 0.2) is 73.1 Å². The molecule has 0 bridgehead atoms. The van der Waals surface area contributed by atoms with Crippen molar-refractivity contribution in [1.82, 2.24) is 40.4 Å². The van der Waals surface area contributed by atoms with Crippen LogP contribution >= 0.6 is 0 Å². The Morgan fingerprint density at radius 3 is 1.81 bits per heavy atom. The smallest absolute Gasteiger partial charge is 0.407 e. The third-order valence-electron chi connectivity index (χ3n) is 11.2. The van der Waals surface area contributed by atoms with Crippen molar-refractivity contribution < 1.29 is 28.7 Å². The zero-order valence-electron chi connectivity index (χ0n) is 34.0.